The molecule has 0 amide bonds. The number of Topliss-reactive ketones (excluding diaryl/α,β-unsaturated/α-hetero) is 1. The van der Waals surface area contributed by atoms with Gasteiger partial charge in [0, 0.05) is 5.56 Å². The van der Waals surface area contributed by atoms with Gasteiger partial charge in [-0.2, -0.15) is 0 Å². The van der Waals surface area contributed by atoms with Crippen LogP contribution in [0.15, 0.2) is 36.4 Å². The summed E-state index contributed by atoms with van der Waals surface area (Å²) in [6.07, 6.45) is -0.566. The zero-order valence-corrected chi connectivity index (χ0v) is 13.2. The van der Waals surface area contributed by atoms with Crippen molar-refractivity contribution in [2.75, 3.05) is 13.2 Å². The number of carbonyl (C=O) groups is 1. The molecule has 2 aromatic rings. The molecule has 0 radical (unpaired) electrons. The van der Waals surface area contributed by atoms with Crippen molar-refractivity contribution in [3.63, 3.8) is 0 Å². The van der Waals surface area contributed by atoms with Crippen LogP contribution in [0.5, 0.6) is 5.75 Å². The molecule has 1 unspecified atom stereocenters. The lowest BCUT2D eigenvalue weighted by Gasteiger charge is -2.14. The van der Waals surface area contributed by atoms with Gasteiger partial charge in [-0.25, -0.2) is 0 Å². The van der Waals surface area contributed by atoms with E-state index in [2.05, 4.69) is 0 Å². The third kappa shape index (κ3) is 4.55. The van der Waals surface area contributed by atoms with Crippen LogP contribution in [0.3, 0.4) is 0 Å². The highest BCUT2D eigenvalue weighted by molar-refractivity contribution is 5.98. The van der Waals surface area contributed by atoms with Crippen LogP contribution in [-0.2, 0) is 4.74 Å². The number of carbonyl (C=O) groups excluding carboxylic acids is 1. The maximum atomic E-state index is 11.4. The van der Waals surface area contributed by atoms with Gasteiger partial charge in [-0.1, -0.05) is 18.2 Å². The van der Waals surface area contributed by atoms with E-state index in [9.17, 15) is 9.90 Å². The molecule has 0 saturated heterocycles. The van der Waals surface area contributed by atoms with Crippen LogP contribution >= 0.6 is 0 Å². The number of fused-ring (bicyclic) bond motifs is 1. The number of ketones is 1. The molecule has 118 valence electrons. The van der Waals surface area contributed by atoms with Crippen molar-refractivity contribution in [1.82, 2.24) is 0 Å². The van der Waals surface area contributed by atoms with E-state index in [1.807, 2.05) is 44.2 Å². The minimum atomic E-state index is -0.654. The molecule has 22 heavy (non-hydrogen) atoms. The van der Waals surface area contributed by atoms with Gasteiger partial charge >= 0.3 is 0 Å². The first kappa shape index (κ1) is 16.5. The second-order valence-corrected chi connectivity index (χ2v) is 5.63. The van der Waals surface area contributed by atoms with Crippen molar-refractivity contribution in [3.8, 4) is 5.75 Å². The van der Waals surface area contributed by atoms with E-state index < -0.39 is 6.10 Å². The Morgan fingerprint density at radius 3 is 2.45 bits per heavy atom. The van der Waals surface area contributed by atoms with Crippen LogP contribution in [0.25, 0.3) is 10.8 Å². The molecule has 0 aromatic heterocycles. The van der Waals surface area contributed by atoms with E-state index in [0.29, 0.717) is 11.3 Å². The predicted octanol–water partition coefficient (Wildman–Crippen LogP) is 3.21. The van der Waals surface area contributed by atoms with Crippen molar-refractivity contribution in [2.24, 2.45) is 0 Å². The first-order valence-electron chi connectivity index (χ1n) is 7.43. The highest BCUT2D eigenvalue weighted by atomic mass is 16.5. The quantitative estimate of drug-likeness (QED) is 0.798. The summed E-state index contributed by atoms with van der Waals surface area (Å²) in [4.78, 5) is 11.4. The van der Waals surface area contributed by atoms with E-state index in [-0.39, 0.29) is 25.1 Å². The maximum Gasteiger partial charge on any atom is 0.159 e. The molecular formula is C18H22O4. The third-order valence-electron chi connectivity index (χ3n) is 3.28. The Kier molecular flexibility index (Phi) is 5.52. The summed E-state index contributed by atoms with van der Waals surface area (Å²) in [5.74, 6) is 0.738. The number of ether oxygens (including phenoxy) is 2. The van der Waals surface area contributed by atoms with Gasteiger partial charge in [0.1, 0.15) is 18.5 Å². The average molecular weight is 302 g/mol. The Labute approximate surface area is 130 Å². The highest BCUT2D eigenvalue weighted by Crippen LogP contribution is 2.22. The van der Waals surface area contributed by atoms with Gasteiger partial charge in [-0.05, 0) is 49.7 Å². The van der Waals surface area contributed by atoms with E-state index in [4.69, 9.17) is 9.47 Å². The number of benzene rings is 2. The number of rotatable bonds is 7. The monoisotopic (exact) mass is 302 g/mol. The molecular weight excluding hydrogens is 280 g/mol. The zero-order chi connectivity index (χ0) is 16.1. The molecule has 0 saturated carbocycles. The lowest BCUT2D eigenvalue weighted by Crippen LogP contribution is -2.25. The molecule has 1 N–H and O–H groups in total. The summed E-state index contributed by atoms with van der Waals surface area (Å²) in [5.41, 5.74) is 0.697. The molecule has 0 aliphatic heterocycles. The molecule has 0 heterocycles. The Bertz CT molecular complexity index is 649. The first-order chi connectivity index (χ1) is 10.5. The SMILES string of the molecule is CC(=O)c1ccc2cc(OCC(O)COC(C)C)ccc2c1. The van der Waals surface area contributed by atoms with Crippen LogP contribution in [0.2, 0.25) is 0 Å². The number of aliphatic hydroxyl groups is 1. The Morgan fingerprint density at radius 1 is 1.09 bits per heavy atom. The fourth-order valence-electron chi connectivity index (χ4n) is 2.08. The van der Waals surface area contributed by atoms with Gasteiger partial charge in [0.15, 0.2) is 5.78 Å². The molecule has 1 atom stereocenters. The topological polar surface area (TPSA) is 55.8 Å². The summed E-state index contributed by atoms with van der Waals surface area (Å²) >= 11 is 0. The van der Waals surface area contributed by atoms with Crippen molar-refractivity contribution in [2.45, 2.75) is 33.0 Å². The van der Waals surface area contributed by atoms with Crippen molar-refractivity contribution in [1.29, 1.82) is 0 Å². The predicted molar refractivity (Wildman–Crippen MR) is 86.5 cm³/mol. The van der Waals surface area contributed by atoms with Gasteiger partial charge < -0.3 is 14.6 Å². The summed E-state index contributed by atoms with van der Waals surface area (Å²) in [5, 5.41) is 11.8. The van der Waals surface area contributed by atoms with Crippen molar-refractivity contribution >= 4 is 16.6 Å². The second-order valence-electron chi connectivity index (χ2n) is 5.63. The molecule has 4 heteroatoms. The normalized spacial score (nSPS) is 12.6. The van der Waals surface area contributed by atoms with Crippen LogP contribution in [0.4, 0.5) is 0 Å². The summed E-state index contributed by atoms with van der Waals surface area (Å²) in [7, 11) is 0. The minimum Gasteiger partial charge on any atom is -0.491 e. The Balaban J connectivity index is 2.01. The van der Waals surface area contributed by atoms with Crippen molar-refractivity contribution in [3.05, 3.63) is 42.0 Å². The lowest BCUT2D eigenvalue weighted by molar-refractivity contribution is -0.0122. The molecule has 0 spiro atoms. The molecule has 0 bridgehead atoms. The van der Waals surface area contributed by atoms with Crippen LogP contribution in [-0.4, -0.2) is 36.3 Å². The molecule has 0 aliphatic rings. The second kappa shape index (κ2) is 7.38. The number of hydrogen-bond donors (Lipinski definition) is 1. The number of hydrogen-bond acceptors (Lipinski definition) is 4. The van der Waals surface area contributed by atoms with E-state index >= 15 is 0 Å². The highest BCUT2D eigenvalue weighted by Gasteiger charge is 2.08. The minimum absolute atomic E-state index is 0.0514. The molecule has 4 nitrogen and oxygen atoms in total. The Hall–Kier alpha value is -1.91. The van der Waals surface area contributed by atoms with Gasteiger partial charge in [0.2, 0.25) is 0 Å². The third-order valence-corrected chi connectivity index (χ3v) is 3.28. The van der Waals surface area contributed by atoms with Gasteiger partial charge in [0.25, 0.3) is 0 Å². The van der Waals surface area contributed by atoms with Crippen LogP contribution in [0.1, 0.15) is 31.1 Å². The van der Waals surface area contributed by atoms with E-state index in [1.165, 1.54) is 0 Å². The first-order valence-corrected chi connectivity index (χ1v) is 7.43. The standard InChI is InChI=1S/C18H22O4/c1-12(2)21-10-17(20)11-22-18-7-6-15-8-14(13(3)19)4-5-16(15)9-18/h4-9,12,17,20H,10-11H2,1-3H3. The molecule has 0 aliphatic carbocycles. The van der Waals surface area contributed by atoms with E-state index in [0.717, 1.165) is 10.8 Å². The lowest BCUT2D eigenvalue weighted by atomic mass is 10.0. The zero-order valence-electron chi connectivity index (χ0n) is 13.2. The van der Waals surface area contributed by atoms with Crippen LogP contribution < -0.4 is 4.74 Å². The molecule has 2 aromatic carbocycles. The van der Waals surface area contributed by atoms with Gasteiger partial charge in [-0.3, -0.25) is 4.79 Å². The average Bonchev–Trinajstić information content (AvgIpc) is 2.50. The summed E-state index contributed by atoms with van der Waals surface area (Å²) in [6, 6.07) is 11.2. The largest absolute Gasteiger partial charge is 0.491 e. The summed E-state index contributed by atoms with van der Waals surface area (Å²) < 4.78 is 10.9. The molecule has 2 rings (SSSR count). The smallest absolute Gasteiger partial charge is 0.159 e. The fourth-order valence-corrected chi connectivity index (χ4v) is 2.08. The van der Waals surface area contributed by atoms with E-state index in [1.54, 1.807) is 13.0 Å². The number of aliphatic hydroxyl groups excluding tert-OH is 1. The van der Waals surface area contributed by atoms with Crippen molar-refractivity contribution < 1.29 is 19.4 Å². The Morgan fingerprint density at radius 2 is 1.77 bits per heavy atom. The van der Waals surface area contributed by atoms with Crippen LogP contribution in [0, 0.1) is 0 Å². The molecule has 0 fully saturated rings. The fraction of sp³-hybridized carbons (Fsp3) is 0.389. The summed E-state index contributed by atoms with van der Waals surface area (Å²) in [6.45, 7) is 5.84. The van der Waals surface area contributed by atoms with Gasteiger partial charge in [0.05, 0.1) is 12.7 Å². The van der Waals surface area contributed by atoms with Gasteiger partial charge in [-0.15, -0.1) is 0 Å². The maximum absolute atomic E-state index is 11.4.